The lowest BCUT2D eigenvalue weighted by Crippen LogP contribution is -2.23. The Morgan fingerprint density at radius 2 is 1.73 bits per heavy atom. The van der Waals surface area contributed by atoms with Gasteiger partial charge in [-0.05, 0) is 18.8 Å². The highest BCUT2D eigenvalue weighted by Crippen LogP contribution is 2.54. The molecule has 0 aliphatic rings. The Bertz CT molecular complexity index is 391. The van der Waals surface area contributed by atoms with Gasteiger partial charge in [0.05, 0.1) is 12.4 Å². The fraction of sp³-hybridized carbons (Fsp3) is 0.500. The van der Waals surface area contributed by atoms with Gasteiger partial charge in [-0.15, -0.1) is 0 Å². The number of para-hydroxylation sites is 1. The molecular formula is C12H19O2P. The average Bonchev–Trinajstić information content (AvgIpc) is 2.16. The maximum atomic E-state index is 12.7. The molecule has 0 aliphatic carbocycles. The first-order chi connectivity index (χ1) is 6.80. The fourth-order valence-electron chi connectivity index (χ4n) is 1.34. The van der Waals surface area contributed by atoms with Gasteiger partial charge in [0.2, 0.25) is 0 Å². The second-order valence-electron chi connectivity index (χ2n) is 4.77. The normalized spacial score (nSPS) is 15.8. The first kappa shape index (κ1) is 12.3. The van der Waals surface area contributed by atoms with Crippen LogP contribution in [-0.4, -0.2) is 18.9 Å². The van der Waals surface area contributed by atoms with Gasteiger partial charge in [-0.1, -0.05) is 32.9 Å². The van der Waals surface area contributed by atoms with E-state index < -0.39 is 7.14 Å². The van der Waals surface area contributed by atoms with Crippen LogP contribution in [0.1, 0.15) is 20.8 Å². The molecule has 0 amide bonds. The molecule has 0 N–H and O–H groups in total. The zero-order valence-corrected chi connectivity index (χ0v) is 11.0. The van der Waals surface area contributed by atoms with E-state index in [1.54, 1.807) is 7.11 Å². The summed E-state index contributed by atoms with van der Waals surface area (Å²) in [6.07, 6.45) is 0. The predicted octanol–water partition coefficient (Wildman–Crippen LogP) is 3.11. The van der Waals surface area contributed by atoms with Gasteiger partial charge in [0.25, 0.3) is 0 Å². The standard InChI is InChI=1S/C12H19O2P/c1-12(2,3)15(5,13)11-9-7-6-8-10(11)14-4/h6-9H,1-5H3. The van der Waals surface area contributed by atoms with Crippen molar-refractivity contribution in [2.75, 3.05) is 13.8 Å². The smallest absolute Gasteiger partial charge is 0.129 e. The molecule has 15 heavy (non-hydrogen) atoms. The molecule has 0 spiro atoms. The van der Waals surface area contributed by atoms with Gasteiger partial charge < -0.3 is 9.30 Å². The molecule has 0 bridgehead atoms. The summed E-state index contributed by atoms with van der Waals surface area (Å²) in [7, 11) is -0.795. The summed E-state index contributed by atoms with van der Waals surface area (Å²) in [6.45, 7) is 7.82. The quantitative estimate of drug-likeness (QED) is 0.724. The molecule has 0 saturated carbocycles. The lowest BCUT2D eigenvalue weighted by molar-refractivity contribution is 0.417. The van der Waals surface area contributed by atoms with Crippen molar-refractivity contribution < 1.29 is 9.30 Å². The molecule has 1 aromatic rings. The summed E-state index contributed by atoms with van der Waals surface area (Å²) >= 11 is 0. The summed E-state index contributed by atoms with van der Waals surface area (Å²) < 4.78 is 18.0. The Morgan fingerprint density at radius 3 is 2.20 bits per heavy atom. The zero-order valence-electron chi connectivity index (χ0n) is 10.1. The number of ether oxygens (including phenoxy) is 1. The molecule has 1 aromatic carbocycles. The first-order valence-electron chi connectivity index (χ1n) is 5.02. The van der Waals surface area contributed by atoms with Crippen LogP contribution in [0.5, 0.6) is 5.75 Å². The number of rotatable bonds is 2. The summed E-state index contributed by atoms with van der Waals surface area (Å²) in [5.74, 6) is 0.721. The van der Waals surface area contributed by atoms with Gasteiger partial charge in [0.15, 0.2) is 0 Å². The number of benzene rings is 1. The molecule has 0 aliphatic heterocycles. The third-order valence-electron chi connectivity index (χ3n) is 2.82. The zero-order chi connectivity index (χ0) is 11.7. The second-order valence-corrected chi connectivity index (χ2v) is 8.44. The molecule has 1 atom stereocenters. The lowest BCUT2D eigenvalue weighted by Gasteiger charge is -2.29. The SMILES string of the molecule is COc1ccccc1P(C)(=O)C(C)(C)C. The van der Waals surface area contributed by atoms with Crippen molar-refractivity contribution in [2.24, 2.45) is 0 Å². The van der Waals surface area contributed by atoms with E-state index >= 15 is 0 Å². The maximum Gasteiger partial charge on any atom is 0.129 e. The fourth-order valence-corrected chi connectivity index (χ4v) is 3.02. The second kappa shape index (κ2) is 4.02. The van der Waals surface area contributed by atoms with Crippen molar-refractivity contribution in [1.82, 2.24) is 0 Å². The molecule has 1 unspecified atom stereocenters. The third kappa shape index (κ3) is 2.26. The molecule has 0 saturated heterocycles. The molecule has 0 heterocycles. The van der Waals surface area contributed by atoms with Crippen LogP contribution in [-0.2, 0) is 4.57 Å². The highest BCUT2D eigenvalue weighted by molar-refractivity contribution is 7.72. The van der Waals surface area contributed by atoms with Gasteiger partial charge >= 0.3 is 0 Å². The minimum absolute atomic E-state index is 0.234. The van der Waals surface area contributed by atoms with Gasteiger partial charge in [-0.2, -0.15) is 0 Å². The van der Waals surface area contributed by atoms with Crippen molar-refractivity contribution in [1.29, 1.82) is 0 Å². The highest BCUT2D eigenvalue weighted by atomic mass is 31.2. The topological polar surface area (TPSA) is 26.3 Å². The summed E-state index contributed by atoms with van der Waals surface area (Å²) in [6, 6.07) is 7.55. The highest BCUT2D eigenvalue weighted by Gasteiger charge is 2.35. The average molecular weight is 226 g/mol. The van der Waals surface area contributed by atoms with Crippen LogP contribution in [0, 0.1) is 0 Å². The molecule has 84 valence electrons. The van der Waals surface area contributed by atoms with Gasteiger partial charge in [-0.3, -0.25) is 0 Å². The van der Waals surface area contributed by atoms with Crippen LogP contribution in [0.15, 0.2) is 24.3 Å². The summed E-state index contributed by atoms with van der Waals surface area (Å²) in [5, 5.41) is 0.599. The molecule has 0 aromatic heterocycles. The maximum absolute atomic E-state index is 12.7. The van der Waals surface area contributed by atoms with Crippen molar-refractivity contribution >= 4 is 12.4 Å². The summed E-state index contributed by atoms with van der Waals surface area (Å²) in [4.78, 5) is 0. The van der Waals surface area contributed by atoms with Crippen molar-refractivity contribution in [3.63, 3.8) is 0 Å². The minimum Gasteiger partial charge on any atom is -0.496 e. The minimum atomic E-state index is -2.41. The first-order valence-corrected chi connectivity index (χ1v) is 7.17. The molecule has 1 rings (SSSR count). The van der Waals surface area contributed by atoms with Crippen LogP contribution in [0.2, 0.25) is 0 Å². The molecule has 0 fully saturated rings. The van der Waals surface area contributed by atoms with E-state index in [-0.39, 0.29) is 5.16 Å². The largest absolute Gasteiger partial charge is 0.496 e. The van der Waals surface area contributed by atoms with Crippen LogP contribution in [0.4, 0.5) is 0 Å². The van der Waals surface area contributed by atoms with Gasteiger partial charge in [-0.25, -0.2) is 0 Å². The molecule has 3 heteroatoms. The van der Waals surface area contributed by atoms with Gasteiger partial charge in [0.1, 0.15) is 12.9 Å². The van der Waals surface area contributed by atoms with Crippen molar-refractivity contribution in [3.8, 4) is 5.75 Å². The van der Waals surface area contributed by atoms with E-state index in [2.05, 4.69) is 0 Å². The van der Waals surface area contributed by atoms with E-state index in [0.717, 1.165) is 11.1 Å². The van der Waals surface area contributed by atoms with Crippen molar-refractivity contribution in [2.45, 2.75) is 25.9 Å². The van der Waals surface area contributed by atoms with E-state index in [4.69, 9.17) is 4.74 Å². The van der Waals surface area contributed by atoms with Crippen LogP contribution in [0.3, 0.4) is 0 Å². The van der Waals surface area contributed by atoms with Crippen molar-refractivity contribution in [3.05, 3.63) is 24.3 Å². The van der Waals surface area contributed by atoms with E-state index in [0.29, 0.717) is 0 Å². The number of hydrogen-bond acceptors (Lipinski definition) is 2. The van der Waals surface area contributed by atoms with Crippen LogP contribution < -0.4 is 10.0 Å². The molecule has 2 nitrogen and oxygen atoms in total. The molecule has 0 radical (unpaired) electrons. The predicted molar refractivity (Wildman–Crippen MR) is 65.9 cm³/mol. The van der Waals surface area contributed by atoms with Crippen LogP contribution in [0.25, 0.3) is 0 Å². The molecular weight excluding hydrogens is 207 g/mol. The Labute approximate surface area is 92.0 Å². The third-order valence-corrected chi connectivity index (χ3v) is 6.67. The van der Waals surface area contributed by atoms with Gasteiger partial charge in [0, 0.05) is 5.16 Å². The Morgan fingerprint density at radius 1 is 1.20 bits per heavy atom. The Balaban J connectivity index is 3.33. The summed E-state index contributed by atoms with van der Waals surface area (Å²) in [5.41, 5.74) is 0. The van der Waals surface area contributed by atoms with E-state index in [1.165, 1.54) is 0 Å². The van der Waals surface area contributed by atoms with E-state index in [1.807, 2.05) is 51.7 Å². The van der Waals surface area contributed by atoms with E-state index in [9.17, 15) is 4.57 Å². The lowest BCUT2D eigenvalue weighted by atomic mass is 10.3. The Kier molecular flexibility index (Phi) is 3.30. The number of hydrogen-bond donors (Lipinski definition) is 0. The number of methoxy groups -OCH3 is 1. The Hall–Kier alpha value is -0.750. The monoisotopic (exact) mass is 226 g/mol. The van der Waals surface area contributed by atoms with Crippen LogP contribution >= 0.6 is 7.14 Å².